The van der Waals surface area contributed by atoms with Crippen LogP contribution >= 0.6 is 23.2 Å². The molecule has 1 fully saturated rings. The first-order valence-electron chi connectivity index (χ1n) is 9.55. The van der Waals surface area contributed by atoms with Crippen molar-refractivity contribution >= 4 is 40.7 Å². The maximum absolute atomic E-state index is 12.9. The number of benzene rings is 2. The first-order chi connectivity index (χ1) is 14.4. The number of rotatable bonds is 8. The highest BCUT2D eigenvalue weighted by Gasteiger charge is 2.45. The minimum Gasteiger partial charge on any atom is -0.507 e. The number of amides is 1. The molecule has 0 saturated carbocycles. The number of Topliss-reactive ketones (excluding diaryl/α,β-unsaturated/α-hetero) is 1. The first kappa shape index (κ1) is 22.3. The lowest BCUT2D eigenvalue weighted by atomic mass is 9.95. The number of halogens is 2. The third-order valence-corrected chi connectivity index (χ3v) is 5.39. The number of carbonyl (C=O) groups is 2. The first-order valence-corrected chi connectivity index (χ1v) is 10.3. The number of likely N-dealkylation sites (tertiary alicyclic amines) is 1. The van der Waals surface area contributed by atoms with Gasteiger partial charge in [-0.2, -0.15) is 0 Å². The highest BCUT2D eigenvalue weighted by Crippen LogP contribution is 2.39. The summed E-state index contributed by atoms with van der Waals surface area (Å²) in [7, 11) is 0. The van der Waals surface area contributed by atoms with Crippen LogP contribution in [0.2, 0.25) is 10.0 Å². The molecule has 0 aromatic heterocycles. The van der Waals surface area contributed by atoms with Crippen molar-refractivity contribution in [2.45, 2.75) is 12.5 Å². The zero-order valence-electron chi connectivity index (χ0n) is 16.1. The summed E-state index contributed by atoms with van der Waals surface area (Å²) in [5, 5.41) is 23.9. The molecule has 2 aromatic rings. The van der Waals surface area contributed by atoms with Crippen LogP contribution in [0.3, 0.4) is 0 Å². The fraction of sp³-hybridized carbons (Fsp3) is 0.273. The number of aliphatic hydroxyl groups is 2. The zero-order valence-corrected chi connectivity index (χ0v) is 17.7. The number of hydrogen-bond acceptors (Lipinski definition) is 5. The lowest BCUT2D eigenvalue weighted by Gasteiger charge is -2.25. The van der Waals surface area contributed by atoms with Crippen LogP contribution in [0.5, 0.6) is 0 Å². The van der Waals surface area contributed by atoms with E-state index in [9.17, 15) is 14.7 Å². The maximum atomic E-state index is 12.9. The molecule has 1 aliphatic rings. The molecule has 1 aliphatic heterocycles. The van der Waals surface area contributed by atoms with Crippen LogP contribution in [-0.4, -0.2) is 53.0 Å². The molecule has 0 bridgehead atoms. The average Bonchev–Trinajstić information content (AvgIpc) is 2.99. The molecule has 1 amide bonds. The molecule has 2 aromatic carbocycles. The van der Waals surface area contributed by atoms with Crippen molar-refractivity contribution in [1.29, 1.82) is 0 Å². The van der Waals surface area contributed by atoms with Gasteiger partial charge in [0.15, 0.2) is 0 Å². The number of nitrogens with zero attached hydrogens (tertiary/aromatic N) is 1. The average molecular weight is 449 g/mol. The van der Waals surface area contributed by atoms with Crippen molar-refractivity contribution in [3.05, 3.63) is 75.3 Å². The Labute approximate surface area is 184 Å². The van der Waals surface area contributed by atoms with Gasteiger partial charge in [-0.3, -0.25) is 9.59 Å². The van der Waals surface area contributed by atoms with Crippen LogP contribution in [0, 0.1) is 0 Å². The summed E-state index contributed by atoms with van der Waals surface area (Å²) < 4.78 is 0. The summed E-state index contributed by atoms with van der Waals surface area (Å²) in [6.07, 6.45) is 0.581. The normalized spacial score (nSPS) is 18.2. The number of aliphatic hydroxyl groups excluding tert-OH is 2. The van der Waals surface area contributed by atoms with Gasteiger partial charge < -0.3 is 20.4 Å². The van der Waals surface area contributed by atoms with Gasteiger partial charge in [0.1, 0.15) is 5.76 Å². The van der Waals surface area contributed by atoms with Gasteiger partial charge in [-0.25, -0.2) is 0 Å². The molecular formula is C22H22Cl2N2O4. The van der Waals surface area contributed by atoms with Crippen LogP contribution in [0.1, 0.15) is 23.6 Å². The van der Waals surface area contributed by atoms with Gasteiger partial charge in [-0.1, -0.05) is 35.3 Å². The molecule has 1 heterocycles. The van der Waals surface area contributed by atoms with E-state index >= 15 is 0 Å². The summed E-state index contributed by atoms with van der Waals surface area (Å²) in [5.74, 6) is -1.63. The predicted molar refractivity (Wildman–Crippen MR) is 116 cm³/mol. The fourth-order valence-electron chi connectivity index (χ4n) is 3.44. The van der Waals surface area contributed by atoms with Gasteiger partial charge >= 0.3 is 0 Å². The highest BCUT2D eigenvalue weighted by molar-refractivity contribution is 6.46. The Balaban J connectivity index is 1.99. The Morgan fingerprint density at radius 1 is 0.967 bits per heavy atom. The van der Waals surface area contributed by atoms with E-state index in [0.29, 0.717) is 47.2 Å². The van der Waals surface area contributed by atoms with Crippen molar-refractivity contribution in [3.8, 4) is 0 Å². The summed E-state index contributed by atoms with van der Waals surface area (Å²) in [6, 6.07) is 12.5. The van der Waals surface area contributed by atoms with E-state index in [4.69, 9.17) is 28.3 Å². The molecule has 8 heteroatoms. The Kier molecular flexibility index (Phi) is 7.50. The van der Waals surface area contributed by atoms with Crippen LogP contribution in [0.15, 0.2) is 54.1 Å². The van der Waals surface area contributed by atoms with Gasteiger partial charge in [-0.05, 0) is 54.9 Å². The Bertz CT molecular complexity index is 943. The molecule has 1 atom stereocenters. The smallest absolute Gasteiger partial charge is 0.295 e. The van der Waals surface area contributed by atoms with Crippen LogP contribution < -0.4 is 5.32 Å². The summed E-state index contributed by atoms with van der Waals surface area (Å²) in [4.78, 5) is 27.1. The summed E-state index contributed by atoms with van der Waals surface area (Å²) in [6.45, 7) is 1.37. The number of ketones is 1. The maximum Gasteiger partial charge on any atom is 0.295 e. The number of hydrogen-bond donors (Lipinski definition) is 3. The second-order valence-electron chi connectivity index (χ2n) is 6.88. The molecule has 3 N–H and O–H groups in total. The van der Waals surface area contributed by atoms with E-state index in [1.54, 1.807) is 48.5 Å². The molecule has 3 rings (SSSR count). The van der Waals surface area contributed by atoms with Gasteiger partial charge in [0, 0.05) is 28.7 Å². The largest absolute Gasteiger partial charge is 0.507 e. The van der Waals surface area contributed by atoms with Gasteiger partial charge in [0.05, 0.1) is 18.2 Å². The fourth-order valence-corrected chi connectivity index (χ4v) is 3.70. The zero-order chi connectivity index (χ0) is 21.7. The second-order valence-corrected chi connectivity index (χ2v) is 7.75. The highest BCUT2D eigenvalue weighted by atomic mass is 35.5. The van der Waals surface area contributed by atoms with Crippen molar-refractivity contribution < 1.29 is 19.8 Å². The third kappa shape index (κ3) is 4.84. The molecule has 30 heavy (non-hydrogen) atoms. The van der Waals surface area contributed by atoms with E-state index in [2.05, 4.69) is 5.32 Å². The topological polar surface area (TPSA) is 89.9 Å². The van der Waals surface area contributed by atoms with Crippen molar-refractivity contribution in [2.75, 3.05) is 26.2 Å². The monoisotopic (exact) mass is 448 g/mol. The molecule has 0 radical (unpaired) electrons. The molecule has 0 spiro atoms. The molecule has 1 unspecified atom stereocenters. The Morgan fingerprint density at radius 3 is 2.17 bits per heavy atom. The van der Waals surface area contributed by atoms with E-state index in [1.165, 1.54) is 4.90 Å². The summed E-state index contributed by atoms with van der Waals surface area (Å²) >= 11 is 11.9. The molecule has 1 saturated heterocycles. The van der Waals surface area contributed by atoms with E-state index in [1.807, 2.05) is 0 Å². The second kappa shape index (κ2) is 10.1. The third-order valence-electron chi connectivity index (χ3n) is 4.88. The van der Waals surface area contributed by atoms with Gasteiger partial charge in [0.2, 0.25) is 0 Å². The Morgan fingerprint density at radius 2 is 1.57 bits per heavy atom. The molecule has 0 aliphatic carbocycles. The van der Waals surface area contributed by atoms with Crippen molar-refractivity contribution in [1.82, 2.24) is 10.2 Å². The molecule has 6 nitrogen and oxygen atoms in total. The number of nitrogens with one attached hydrogen (secondary N) is 1. The minimum atomic E-state index is -0.731. The van der Waals surface area contributed by atoms with Gasteiger partial charge in [0.25, 0.3) is 11.7 Å². The van der Waals surface area contributed by atoms with Crippen molar-refractivity contribution in [2.24, 2.45) is 0 Å². The van der Waals surface area contributed by atoms with Gasteiger partial charge in [-0.15, -0.1) is 0 Å². The summed E-state index contributed by atoms with van der Waals surface area (Å²) in [5.41, 5.74) is 1.12. The van der Waals surface area contributed by atoms with Crippen molar-refractivity contribution in [3.63, 3.8) is 0 Å². The lowest BCUT2D eigenvalue weighted by molar-refractivity contribution is -0.139. The van der Waals surface area contributed by atoms with Crippen LogP contribution in [-0.2, 0) is 9.59 Å². The van der Waals surface area contributed by atoms with E-state index < -0.39 is 17.7 Å². The minimum absolute atomic E-state index is 0.0242. The predicted octanol–water partition coefficient (Wildman–Crippen LogP) is 3.39. The van der Waals surface area contributed by atoms with Crippen LogP contribution in [0.25, 0.3) is 5.76 Å². The Hall–Kier alpha value is -2.38. The standard InChI is InChI=1S/C22H22Cl2N2O4/c23-16-6-2-14(3-7-16)19-18(20(28)15-4-8-17(24)9-5-15)21(29)22(30)26(19)12-1-10-25-11-13-27/h2-9,19,25,27-28H,1,10-13H2/b20-18+. The van der Waals surface area contributed by atoms with Crippen LogP contribution in [0.4, 0.5) is 0 Å². The lowest BCUT2D eigenvalue weighted by Crippen LogP contribution is -2.32. The quantitative estimate of drug-likeness (QED) is 0.249. The molecule has 158 valence electrons. The molecular weight excluding hydrogens is 427 g/mol. The number of carbonyl (C=O) groups excluding carboxylic acids is 2. The SMILES string of the molecule is O=C1C(=O)N(CCCNCCO)C(c2ccc(Cl)cc2)/C1=C(\O)c1ccc(Cl)cc1. The van der Waals surface area contributed by atoms with E-state index in [0.717, 1.165) is 0 Å². The van der Waals surface area contributed by atoms with E-state index in [-0.39, 0.29) is 17.9 Å².